The summed E-state index contributed by atoms with van der Waals surface area (Å²) in [6.07, 6.45) is -0.375. The van der Waals surface area contributed by atoms with Crippen molar-refractivity contribution >= 4 is 145 Å². The van der Waals surface area contributed by atoms with Crippen molar-refractivity contribution in [2.75, 3.05) is 35.4 Å². The number of nitrogens with one attached hydrogen (secondary N) is 2. The van der Waals surface area contributed by atoms with Crippen LogP contribution in [0.5, 0.6) is 11.5 Å². The molecule has 0 heterocycles. The third-order valence-corrected chi connectivity index (χ3v) is 18.9. The van der Waals surface area contributed by atoms with Crippen molar-refractivity contribution in [1.82, 2.24) is 0 Å². The second-order valence-electron chi connectivity index (χ2n) is 21.0. The Labute approximate surface area is 538 Å². The Bertz CT molecular complexity index is 4940. The summed E-state index contributed by atoms with van der Waals surface area (Å²) in [5.74, 6) is -1.40. The Morgan fingerprint density at radius 2 is 0.649 bits per heavy atom. The van der Waals surface area contributed by atoms with Crippen LogP contribution in [0.2, 0.25) is 0 Å². The van der Waals surface area contributed by atoms with Crippen LogP contribution in [0.15, 0.2) is 170 Å². The molecule has 0 atom stereocenters. The molecule has 2 amide bonds. The van der Waals surface area contributed by atoms with Crippen LogP contribution in [0.4, 0.5) is 61.7 Å². The minimum absolute atomic E-state index is 0.0328. The standard InChI is InChI=1S/C57H56N10O21S6/c1-31-21-45(33(3)19-43(31)62-60-37-25-41-39(55(27-37)93(81,82)83)11-7-13-53(41)91(75,76)77)64-66-47-29-51(87-15-9-17-89(69,70)71)49(23-35(47)5)58-57(68)59-50-24-36(6)48(30-52(50)88-16-10-18-90(72,73)74)67-65-46-22-32(2)44(20-34(46)4)63-61-38-26-42-40(56(28-38)94(84,85)86)12-8-14-54(42)92(78,79)80/h7-8,11-14,19-30H,9-10,15-18H2,1-6H3,(H2,58,59,68)(H,69,70,71)(H,72,73,74)(H,75,76,77)(H,78,79,80)(H,81,82,83)(H,84,85,86). The zero-order chi connectivity index (χ0) is 69.0. The second-order valence-corrected chi connectivity index (χ2v) is 29.7. The molecule has 0 saturated carbocycles. The first-order chi connectivity index (χ1) is 43.7. The zero-order valence-corrected chi connectivity index (χ0v) is 54.9. The van der Waals surface area contributed by atoms with Crippen molar-refractivity contribution in [1.29, 1.82) is 0 Å². The molecular weight excluding hydrogens is 1350 g/mol. The molecule has 8 aromatic carbocycles. The Hall–Kier alpha value is -8.99. The van der Waals surface area contributed by atoms with Gasteiger partial charge in [0, 0.05) is 33.7 Å². The molecular formula is C57H56N10O21S6. The largest absolute Gasteiger partial charge is 0.491 e. The number of carbonyl (C=O) groups is 1. The monoisotopic (exact) mass is 1410 g/mol. The molecule has 496 valence electrons. The molecule has 0 aromatic heterocycles. The van der Waals surface area contributed by atoms with E-state index in [-0.39, 0.29) is 105 Å². The SMILES string of the molecule is Cc1cc(N=Nc2cc(OCCCS(=O)(=O)O)c(NC(=O)Nc3cc(C)c(N=Nc4cc(C)c(N=Nc5cc(S(=O)(=O)O)c6cccc(S(=O)(=O)O)c6c5)cc4C)cc3OCCCS(=O)(=O)O)cc2C)c(C)cc1N=Nc1cc(S(=O)(=O)O)c2cccc(S(=O)(=O)O)c2c1. The second kappa shape index (κ2) is 27.9. The molecule has 31 nitrogen and oxygen atoms in total. The van der Waals surface area contributed by atoms with Gasteiger partial charge < -0.3 is 20.1 Å². The lowest BCUT2D eigenvalue weighted by atomic mass is 10.1. The van der Waals surface area contributed by atoms with Crippen molar-refractivity contribution in [3.05, 3.63) is 143 Å². The van der Waals surface area contributed by atoms with Gasteiger partial charge in [-0.2, -0.15) is 91.4 Å². The first-order valence-corrected chi connectivity index (χ1v) is 36.2. The lowest BCUT2D eigenvalue weighted by molar-refractivity contribution is 0.261. The molecule has 0 radical (unpaired) electrons. The molecule has 8 rings (SSSR count). The number of amides is 2. The number of rotatable bonds is 24. The van der Waals surface area contributed by atoms with E-state index in [2.05, 4.69) is 51.5 Å². The minimum Gasteiger partial charge on any atom is -0.491 e. The molecule has 0 unspecified atom stereocenters. The molecule has 8 N–H and O–H groups in total. The number of hydrogen-bond donors (Lipinski definition) is 8. The van der Waals surface area contributed by atoms with Gasteiger partial charge in [-0.05, 0) is 161 Å². The summed E-state index contributed by atoms with van der Waals surface area (Å²) in [6, 6.07) is 22.4. The summed E-state index contributed by atoms with van der Waals surface area (Å²) >= 11 is 0. The number of carbonyl (C=O) groups excluding carboxylic acids is 1. The summed E-state index contributed by atoms with van der Waals surface area (Å²) < 4.78 is 215. The summed E-state index contributed by atoms with van der Waals surface area (Å²) in [5.41, 5.74) is 4.10. The van der Waals surface area contributed by atoms with Gasteiger partial charge in [0.15, 0.2) is 0 Å². The number of anilines is 2. The fourth-order valence-corrected chi connectivity index (χ4v) is 13.0. The number of urea groups is 1. The Morgan fingerprint density at radius 1 is 0.362 bits per heavy atom. The lowest BCUT2D eigenvalue weighted by Gasteiger charge is -2.17. The van der Waals surface area contributed by atoms with Gasteiger partial charge >= 0.3 is 6.03 Å². The molecule has 0 saturated heterocycles. The number of aryl methyl sites for hydroxylation is 6. The van der Waals surface area contributed by atoms with Crippen LogP contribution in [0.1, 0.15) is 46.2 Å². The van der Waals surface area contributed by atoms with E-state index in [0.29, 0.717) is 44.8 Å². The van der Waals surface area contributed by atoms with Crippen molar-refractivity contribution in [3.8, 4) is 11.5 Å². The smallest absolute Gasteiger partial charge is 0.323 e. The highest BCUT2D eigenvalue weighted by molar-refractivity contribution is 7.87. The Morgan fingerprint density at radius 3 is 0.947 bits per heavy atom. The number of ether oxygens (including phenoxy) is 2. The zero-order valence-electron chi connectivity index (χ0n) is 50.0. The van der Waals surface area contributed by atoms with Crippen LogP contribution in [0.3, 0.4) is 0 Å². The van der Waals surface area contributed by atoms with E-state index in [9.17, 15) is 82.6 Å². The van der Waals surface area contributed by atoms with E-state index < -0.39 is 97.8 Å². The number of azo groups is 4. The lowest BCUT2D eigenvalue weighted by Crippen LogP contribution is -2.21. The average molecular weight is 1410 g/mol. The number of fused-ring (bicyclic) bond motifs is 2. The molecule has 0 fully saturated rings. The van der Waals surface area contributed by atoms with Gasteiger partial charge in [0.25, 0.3) is 60.7 Å². The van der Waals surface area contributed by atoms with E-state index >= 15 is 0 Å². The first-order valence-electron chi connectivity index (χ1n) is 27.2. The van der Waals surface area contributed by atoms with Crippen molar-refractivity contribution in [2.24, 2.45) is 40.9 Å². The number of hydrogen-bond acceptors (Lipinski definition) is 23. The number of benzene rings is 8. The quantitative estimate of drug-likeness (QED) is 0.0158. The van der Waals surface area contributed by atoms with E-state index in [1.165, 1.54) is 60.7 Å². The normalized spacial score (nSPS) is 12.9. The minimum atomic E-state index is -4.93. The van der Waals surface area contributed by atoms with Crippen molar-refractivity contribution in [2.45, 2.75) is 74.0 Å². The maximum absolute atomic E-state index is 14.0. The van der Waals surface area contributed by atoms with Crippen LogP contribution in [-0.2, 0) is 60.7 Å². The van der Waals surface area contributed by atoms with Crippen LogP contribution in [0.25, 0.3) is 21.5 Å². The molecule has 8 aromatic rings. The van der Waals surface area contributed by atoms with E-state index in [1.54, 1.807) is 65.8 Å². The molecule has 0 aliphatic heterocycles. The van der Waals surface area contributed by atoms with Crippen LogP contribution in [0, 0.1) is 41.5 Å². The van der Waals surface area contributed by atoms with Gasteiger partial charge in [-0.3, -0.25) is 27.3 Å². The summed E-state index contributed by atoms with van der Waals surface area (Å²) in [4.78, 5) is 11.3. The predicted octanol–water partition coefficient (Wildman–Crippen LogP) is 13.4. The molecule has 37 heteroatoms. The van der Waals surface area contributed by atoms with E-state index in [1.807, 2.05) is 0 Å². The van der Waals surface area contributed by atoms with E-state index in [4.69, 9.17) is 9.47 Å². The van der Waals surface area contributed by atoms with Crippen molar-refractivity contribution < 1.29 is 92.1 Å². The van der Waals surface area contributed by atoms with Gasteiger partial charge in [0.05, 0.1) is 81.6 Å². The Kier molecular flexibility index (Phi) is 21.0. The highest BCUT2D eigenvalue weighted by Gasteiger charge is 2.24. The molecule has 0 aliphatic carbocycles. The fraction of sp³-hybridized carbons (Fsp3) is 0.211. The molecule has 0 bridgehead atoms. The van der Waals surface area contributed by atoms with Gasteiger partial charge in [-0.15, -0.1) is 0 Å². The molecule has 94 heavy (non-hydrogen) atoms. The maximum atomic E-state index is 14.0. The summed E-state index contributed by atoms with van der Waals surface area (Å²) in [5, 5.41) is 38.8. The third kappa shape index (κ3) is 18.2. The van der Waals surface area contributed by atoms with Gasteiger partial charge in [-0.25, -0.2) is 4.79 Å². The van der Waals surface area contributed by atoms with Gasteiger partial charge in [-0.1, -0.05) is 24.3 Å². The summed E-state index contributed by atoms with van der Waals surface area (Å²) in [7, 11) is -28.4. The molecule has 0 aliphatic rings. The highest BCUT2D eigenvalue weighted by atomic mass is 32.2. The number of nitrogens with zero attached hydrogens (tertiary/aromatic N) is 8. The highest BCUT2D eigenvalue weighted by Crippen LogP contribution is 2.41. The first kappa shape index (κ1) is 70.9. The van der Waals surface area contributed by atoms with Crippen LogP contribution < -0.4 is 20.1 Å². The fourth-order valence-electron chi connectivity index (χ4n) is 9.18. The van der Waals surface area contributed by atoms with Gasteiger partial charge in [0.1, 0.15) is 31.1 Å². The third-order valence-electron chi connectivity index (χ3n) is 13.7. The average Bonchev–Trinajstić information content (AvgIpc) is 0.770. The van der Waals surface area contributed by atoms with Crippen molar-refractivity contribution in [3.63, 3.8) is 0 Å². The predicted molar refractivity (Wildman–Crippen MR) is 344 cm³/mol. The van der Waals surface area contributed by atoms with Gasteiger partial charge in [0.2, 0.25) is 0 Å². The molecule has 0 spiro atoms. The van der Waals surface area contributed by atoms with E-state index in [0.717, 1.165) is 24.3 Å². The maximum Gasteiger partial charge on any atom is 0.323 e. The van der Waals surface area contributed by atoms with Crippen LogP contribution in [-0.4, -0.2) is 109 Å². The van der Waals surface area contributed by atoms with Crippen LogP contribution >= 0.6 is 0 Å². The summed E-state index contributed by atoms with van der Waals surface area (Å²) in [6.45, 7) is 9.32. The Balaban J connectivity index is 1.04. The topological polar surface area (TPSA) is 485 Å².